The van der Waals surface area contributed by atoms with E-state index in [9.17, 15) is 9.90 Å². The first kappa shape index (κ1) is 21.5. The number of aliphatic hydroxyl groups excluding tert-OH is 1. The molecule has 2 aromatic carbocycles. The number of hydrogen-bond donors (Lipinski definition) is 1. The molecule has 1 N–H and O–H groups in total. The van der Waals surface area contributed by atoms with Gasteiger partial charge >= 0.3 is 0 Å². The van der Waals surface area contributed by atoms with E-state index in [1.54, 1.807) is 11.7 Å². The molecule has 33 heavy (non-hydrogen) atoms. The molecule has 3 heterocycles. The van der Waals surface area contributed by atoms with Crippen LogP contribution in [-0.2, 0) is 17.9 Å². The maximum atomic E-state index is 13.8. The van der Waals surface area contributed by atoms with Gasteiger partial charge < -0.3 is 9.84 Å². The van der Waals surface area contributed by atoms with E-state index in [2.05, 4.69) is 4.98 Å². The highest BCUT2D eigenvalue weighted by Gasteiger charge is 2.22. The zero-order chi connectivity index (χ0) is 22.9. The maximum absolute atomic E-state index is 13.8. The van der Waals surface area contributed by atoms with Crippen LogP contribution in [0.25, 0.3) is 31.8 Å². The SMILES string of the molecule is COCc1cc(C)nc2sc3c(=O)n(C[C@H](O)c4ccccc4)c(-c4ccccc4)nc3c12. The molecule has 0 aliphatic rings. The zero-order valence-electron chi connectivity index (χ0n) is 18.4. The first-order valence-electron chi connectivity index (χ1n) is 10.7. The van der Waals surface area contributed by atoms with Crippen molar-refractivity contribution in [3.8, 4) is 11.4 Å². The van der Waals surface area contributed by atoms with Gasteiger partial charge in [-0.05, 0) is 24.1 Å². The van der Waals surface area contributed by atoms with Crippen LogP contribution >= 0.6 is 11.3 Å². The summed E-state index contributed by atoms with van der Waals surface area (Å²) in [6.07, 6.45) is -0.843. The highest BCUT2D eigenvalue weighted by molar-refractivity contribution is 7.25. The van der Waals surface area contributed by atoms with E-state index in [1.165, 1.54) is 11.3 Å². The molecule has 3 aromatic heterocycles. The second-order valence-electron chi connectivity index (χ2n) is 7.96. The van der Waals surface area contributed by atoms with Gasteiger partial charge in [0, 0.05) is 23.8 Å². The summed E-state index contributed by atoms with van der Waals surface area (Å²) in [5.41, 5.74) is 3.83. The van der Waals surface area contributed by atoms with Crippen LogP contribution < -0.4 is 5.56 Å². The van der Waals surface area contributed by atoms with Crippen LogP contribution in [0.5, 0.6) is 0 Å². The number of fused-ring (bicyclic) bond motifs is 3. The van der Waals surface area contributed by atoms with Crippen LogP contribution in [-0.4, -0.2) is 26.8 Å². The summed E-state index contributed by atoms with van der Waals surface area (Å²) in [4.78, 5) is 24.2. The molecule has 0 aliphatic carbocycles. The van der Waals surface area contributed by atoms with E-state index >= 15 is 0 Å². The first-order valence-corrected chi connectivity index (χ1v) is 11.5. The first-order chi connectivity index (χ1) is 16.1. The summed E-state index contributed by atoms with van der Waals surface area (Å²) < 4.78 is 7.52. The number of rotatable bonds is 6. The van der Waals surface area contributed by atoms with Crippen LogP contribution in [0.4, 0.5) is 0 Å². The van der Waals surface area contributed by atoms with E-state index in [-0.39, 0.29) is 12.1 Å². The Balaban J connectivity index is 1.78. The molecule has 0 fully saturated rings. The minimum Gasteiger partial charge on any atom is -0.387 e. The summed E-state index contributed by atoms with van der Waals surface area (Å²) in [6.45, 7) is 2.44. The van der Waals surface area contributed by atoms with Gasteiger partial charge in [0.2, 0.25) is 0 Å². The fraction of sp³-hybridized carbons (Fsp3) is 0.192. The van der Waals surface area contributed by atoms with Crippen molar-refractivity contribution >= 4 is 31.8 Å². The van der Waals surface area contributed by atoms with Crippen LogP contribution in [0, 0.1) is 6.92 Å². The lowest BCUT2D eigenvalue weighted by Gasteiger charge is -2.17. The molecule has 0 bridgehead atoms. The average molecular weight is 458 g/mol. The van der Waals surface area contributed by atoms with Gasteiger partial charge in [0.1, 0.15) is 15.4 Å². The number of thiophene rings is 1. The molecule has 0 radical (unpaired) electrons. The third-order valence-electron chi connectivity index (χ3n) is 5.63. The Bertz CT molecular complexity index is 1490. The van der Waals surface area contributed by atoms with Gasteiger partial charge in [0.15, 0.2) is 0 Å². The lowest BCUT2D eigenvalue weighted by Crippen LogP contribution is -2.25. The van der Waals surface area contributed by atoms with Crippen LogP contribution in [0.1, 0.15) is 22.9 Å². The highest BCUT2D eigenvalue weighted by Crippen LogP contribution is 2.34. The summed E-state index contributed by atoms with van der Waals surface area (Å²) in [5, 5.41) is 11.8. The zero-order valence-corrected chi connectivity index (χ0v) is 19.2. The Labute approximate surface area is 194 Å². The lowest BCUT2D eigenvalue weighted by molar-refractivity contribution is 0.155. The van der Waals surface area contributed by atoms with Crippen molar-refractivity contribution in [2.24, 2.45) is 0 Å². The van der Waals surface area contributed by atoms with Crippen molar-refractivity contribution in [2.75, 3.05) is 7.11 Å². The number of hydrogen-bond acceptors (Lipinski definition) is 6. The molecule has 0 amide bonds. The van der Waals surface area contributed by atoms with E-state index in [0.717, 1.165) is 32.6 Å². The van der Waals surface area contributed by atoms with Crippen molar-refractivity contribution < 1.29 is 9.84 Å². The van der Waals surface area contributed by atoms with Gasteiger partial charge in [-0.1, -0.05) is 60.7 Å². The topological polar surface area (TPSA) is 77.2 Å². The summed E-state index contributed by atoms with van der Waals surface area (Å²) >= 11 is 1.34. The Hall–Kier alpha value is -3.39. The second-order valence-corrected chi connectivity index (χ2v) is 8.96. The second kappa shape index (κ2) is 8.86. The molecule has 0 saturated carbocycles. The summed E-state index contributed by atoms with van der Waals surface area (Å²) in [7, 11) is 1.65. The molecule has 5 rings (SSSR count). The fourth-order valence-corrected chi connectivity index (χ4v) is 5.29. The molecule has 5 aromatic rings. The van der Waals surface area contributed by atoms with E-state index in [1.807, 2.05) is 73.7 Å². The largest absolute Gasteiger partial charge is 0.387 e. The molecule has 0 spiro atoms. The van der Waals surface area contributed by atoms with Crippen molar-refractivity contribution in [3.63, 3.8) is 0 Å². The molecule has 0 aliphatic heterocycles. The number of ether oxygens (including phenoxy) is 1. The Morgan fingerprint density at radius 1 is 1.06 bits per heavy atom. The number of methoxy groups -OCH3 is 1. The fourth-order valence-electron chi connectivity index (χ4n) is 4.13. The predicted octanol–water partition coefficient (Wildman–Crippen LogP) is 4.86. The molecular weight excluding hydrogens is 434 g/mol. The van der Waals surface area contributed by atoms with E-state index in [4.69, 9.17) is 9.72 Å². The Morgan fingerprint density at radius 3 is 2.45 bits per heavy atom. The number of benzene rings is 2. The third kappa shape index (κ3) is 3.95. The molecule has 7 heteroatoms. The number of aliphatic hydroxyl groups is 1. The normalized spacial score (nSPS) is 12.5. The Kier molecular flexibility index (Phi) is 5.76. The van der Waals surface area contributed by atoms with Gasteiger partial charge in [-0.25, -0.2) is 9.97 Å². The number of aryl methyl sites for hydroxylation is 1. The van der Waals surface area contributed by atoms with Crippen LogP contribution in [0.3, 0.4) is 0 Å². The minimum absolute atomic E-state index is 0.0989. The van der Waals surface area contributed by atoms with Crippen molar-refractivity contribution in [1.29, 1.82) is 0 Å². The quantitative estimate of drug-likeness (QED) is 0.394. The standard InChI is InChI=1S/C26H23N3O3S/c1-16-13-19(15-32-2)21-22-23(33-25(21)27-16)26(31)29(14-20(30)17-9-5-3-6-10-17)24(28-22)18-11-7-4-8-12-18/h3-13,20,30H,14-15H2,1-2H3/t20-/m0/s1. The van der Waals surface area contributed by atoms with E-state index < -0.39 is 6.10 Å². The average Bonchev–Trinajstić information content (AvgIpc) is 3.20. The smallest absolute Gasteiger partial charge is 0.271 e. The van der Waals surface area contributed by atoms with Gasteiger partial charge in [-0.15, -0.1) is 11.3 Å². The van der Waals surface area contributed by atoms with Crippen molar-refractivity contribution in [2.45, 2.75) is 26.2 Å². The minimum atomic E-state index is -0.843. The number of pyridine rings is 1. The van der Waals surface area contributed by atoms with Crippen molar-refractivity contribution in [1.82, 2.24) is 14.5 Å². The van der Waals surface area contributed by atoms with Crippen molar-refractivity contribution in [3.05, 3.63) is 93.9 Å². The highest BCUT2D eigenvalue weighted by atomic mass is 32.1. The number of aromatic nitrogens is 3. The lowest BCUT2D eigenvalue weighted by atomic mass is 10.1. The molecule has 166 valence electrons. The van der Waals surface area contributed by atoms with Gasteiger partial charge in [0.25, 0.3) is 5.56 Å². The van der Waals surface area contributed by atoms with E-state index in [0.29, 0.717) is 22.6 Å². The summed E-state index contributed by atoms with van der Waals surface area (Å²) in [5.74, 6) is 0.520. The molecule has 0 unspecified atom stereocenters. The summed E-state index contributed by atoms with van der Waals surface area (Å²) in [6, 6.07) is 20.9. The Morgan fingerprint density at radius 2 is 1.76 bits per heavy atom. The predicted molar refractivity (Wildman–Crippen MR) is 131 cm³/mol. The number of nitrogens with zero attached hydrogens (tertiary/aromatic N) is 3. The van der Waals surface area contributed by atoms with Crippen LogP contribution in [0.2, 0.25) is 0 Å². The van der Waals surface area contributed by atoms with Gasteiger partial charge in [-0.3, -0.25) is 9.36 Å². The van der Waals surface area contributed by atoms with Crippen LogP contribution in [0.15, 0.2) is 71.5 Å². The molecule has 6 nitrogen and oxygen atoms in total. The van der Waals surface area contributed by atoms with Gasteiger partial charge in [0.05, 0.1) is 24.8 Å². The third-order valence-corrected chi connectivity index (χ3v) is 6.69. The van der Waals surface area contributed by atoms with Gasteiger partial charge in [-0.2, -0.15) is 0 Å². The molecule has 1 atom stereocenters. The molecular formula is C26H23N3O3S. The monoisotopic (exact) mass is 457 g/mol. The maximum Gasteiger partial charge on any atom is 0.271 e. The molecule has 0 saturated heterocycles.